The van der Waals surface area contributed by atoms with Gasteiger partial charge in [-0.05, 0) is 18.2 Å². The standard InChI is InChI=1S/C8H5F2NO3/c9-8(10)13-6-2-1-5(4-11-12)3-7(6)14-8/h1-4,12H/b11-4-. The molecule has 1 N–H and O–H groups in total. The van der Waals surface area contributed by atoms with E-state index in [-0.39, 0.29) is 11.5 Å². The first-order valence-electron chi connectivity index (χ1n) is 3.68. The number of halogens is 2. The largest absolute Gasteiger partial charge is 0.586 e. The molecule has 1 aromatic carbocycles. The SMILES string of the molecule is O/N=C\c1ccc2c(c1)OC(F)(F)O2. The van der Waals surface area contributed by atoms with Gasteiger partial charge in [0, 0.05) is 5.56 Å². The molecule has 1 heterocycles. The summed E-state index contributed by atoms with van der Waals surface area (Å²) >= 11 is 0. The molecule has 0 saturated carbocycles. The van der Waals surface area contributed by atoms with E-state index in [1.807, 2.05) is 0 Å². The van der Waals surface area contributed by atoms with Gasteiger partial charge >= 0.3 is 6.29 Å². The van der Waals surface area contributed by atoms with Crippen LogP contribution in [0, 0.1) is 0 Å². The van der Waals surface area contributed by atoms with Crippen molar-refractivity contribution in [2.45, 2.75) is 6.29 Å². The van der Waals surface area contributed by atoms with Crippen LogP contribution in [-0.4, -0.2) is 17.7 Å². The van der Waals surface area contributed by atoms with Gasteiger partial charge in [-0.1, -0.05) is 5.16 Å². The van der Waals surface area contributed by atoms with Gasteiger partial charge in [-0.3, -0.25) is 0 Å². The quantitative estimate of drug-likeness (QED) is 0.428. The highest BCUT2D eigenvalue weighted by Gasteiger charge is 2.43. The van der Waals surface area contributed by atoms with E-state index in [9.17, 15) is 8.78 Å². The molecule has 0 atom stereocenters. The molecule has 0 bridgehead atoms. The summed E-state index contributed by atoms with van der Waals surface area (Å²) in [7, 11) is 0. The van der Waals surface area contributed by atoms with Crippen LogP contribution in [0.3, 0.4) is 0 Å². The number of hydrogen-bond acceptors (Lipinski definition) is 4. The number of alkyl halides is 2. The van der Waals surface area contributed by atoms with E-state index in [1.54, 1.807) is 0 Å². The van der Waals surface area contributed by atoms with Gasteiger partial charge in [-0.2, -0.15) is 0 Å². The van der Waals surface area contributed by atoms with Gasteiger partial charge in [-0.25, -0.2) is 0 Å². The zero-order valence-corrected chi connectivity index (χ0v) is 6.78. The normalized spacial score (nSPS) is 17.6. The van der Waals surface area contributed by atoms with Gasteiger partial charge in [0.15, 0.2) is 11.5 Å². The molecule has 0 aliphatic carbocycles. The summed E-state index contributed by atoms with van der Waals surface area (Å²) in [5.74, 6) is -0.113. The monoisotopic (exact) mass is 201 g/mol. The average molecular weight is 201 g/mol. The van der Waals surface area contributed by atoms with Crippen LogP contribution in [0.2, 0.25) is 0 Å². The van der Waals surface area contributed by atoms with E-state index in [0.29, 0.717) is 5.56 Å². The summed E-state index contributed by atoms with van der Waals surface area (Å²) in [6.45, 7) is 0. The average Bonchev–Trinajstić information content (AvgIpc) is 2.38. The summed E-state index contributed by atoms with van der Waals surface area (Å²) in [5.41, 5.74) is 0.438. The molecule has 1 aliphatic heterocycles. The first-order valence-corrected chi connectivity index (χ1v) is 3.68. The number of rotatable bonds is 1. The fraction of sp³-hybridized carbons (Fsp3) is 0.125. The third-order valence-electron chi connectivity index (χ3n) is 1.63. The third-order valence-corrected chi connectivity index (χ3v) is 1.63. The Morgan fingerprint density at radius 1 is 1.29 bits per heavy atom. The predicted octanol–water partition coefficient (Wildman–Crippen LogP) is 1.82. The second-order valence-corrected chi connectivity index (χ2v) is 2.62. The van der Waals surface area contributed by atoms with E-state index in [0.717, 1.165) is 6.21 Å². The molecule has 14 heavy (non-hydrogen) atoms. The Morgan fingerprint density at radius 2 is 2.00 bits per heavy atom. The molecule has 0 unspecified atom stereocenters. The summed E-state index contributed by atoms with van der Waals surface area (Å²) < 4.78 is 33.4. The van der Waals surface area contributed by atoms with Crippen LogP contribution in [0.1, 0.15) is 5.56 Å². The number of benzene rings is 1. The van der Waals surface area contributed by atoms with Gasteiger partial charge < -0.3 is 14.7 Å². The summed E-state index contributed by atoms with van der Waals surface area (Å²) in [6, 6.07) is 4.06. The Morgan fingerprint density at radius 3 is 2.71 bits per heavy atom. The molecule has 2 rings (SSSR count). The molecule has 0 amide bonds. The summed E-state index contributed by atoms with van der Waals surface area (Å²) in [5, 5.41) is 11.0. The predicted molar refractivity (Wildman–Crippen MR) is 42.0 cm³/mol. The molecule has 1 aromatic rings. The summed E-state index contributed by atoms with van der Waals surface area (Å²) in [6.07, 6.45) is -2.52. The van der Waals surface area contributed by atoms with Gasteiger partial charge in [0.2, 0.25) is 0 Å². The van der Waals surface area contributed by atoms with Crippen molar-refractivity contribution in [2.24, 2.45) is 5.16 Å². The number of hydrogen-bond donors (Lipinski definition) is 1. The first kappa shape index (κ1) is 8.74. The molecule has 0 radical (unpaired) electrons. The molecule has 0 fully saturated rings. The number of fused-ring (bicyclic) bond motifs is 1. The van der Waals surface area contributed by atoms with Crippen molar-refractivity contribution in [3.63, 3.8) is 0 Å². The minimum atomic E-state index is -3.61. The lowest BCUT2D eigenvalue weighted by molar-refractivity contribution is -0.286. The van der Waals surface area contributed by atoms with Crippen molar-refractivity contribution >= 4 is 6.21 Å². The first-order chi connectivity index (χ1) is 6.61. The lowest BCUT2D eigenvalue weighted by atomic mass is 10.2. The molecular weight excluding hydrogens is 196 g/mol. The third kappa shape index (κ3) is 1.46. The Labute approximate surface area is 77.4 Å². The molecule has 0 spiro atoms. The maximum Gasteiger partial charge on any atom is 0.586 e. The zero-order chi connectivity index (χ0) is 10.2. The zero-order valence-electron chi connectivity index (χ0n) is 6.78. The number of nitrogens with zero attached hydrogens (tertiary/aromatic N) is 1. The van der Waals surface area contributed by atoms with Crippen molar-refractivity contribution < 1.29 is 23.5 Å². The highest BCUT2D eigenvalue weighted by atomic mass is 19.3. The van der Waals surface area contributed by atoms with Crippen LogP contribution >= 0.6 is 0 Å². The molecule has 0 aromatic heterocycles. The van der Waals surface area contributed by atoms with Crippen LogP contribution in [0.4, 0.5) is 8.78 Å². The molecule has 74 valence electrons. The van der Waals surface area contributed by atoms with Crippen LogP contribution in [0.15, 0.2) is 23.4 Å². The van der Waals surface area contributed by atoms with E-state index in [4.69, 9.17) is 5.21 Å². The molecule has 0 saturated heterocycles. The number of ether oxygens (including phenoxy) is 2. The minimum Gasteiger partial charge on any atom is -0.411 e. The van der Waals surface area contributed by atoms with E-state index in [1.165, 1.54) is 18.2 Å². The molecule has 1 aliphatic rings. The Bertz CT molecular complexity index is 392. The van der Waals surface area contributed by atoms with Crippen molar-refractivity contribution in [1.82, 2.24) is 0 Å². The Kier molecular flexibility index (Phi) is 1.77. The lowest BCUT2D eigenvalue weighted by Gasteiger charge is -2.04. The topological polar surface area (TPSA) is 51.1 Å². The van der Waals surface area contributed by atoms with E-state index < -0.39 is 6.29 Å². The van der Waals surface area contributed by atoms with Crippen molar-refractivity contribution in [1.29, 1.82) is 0 Å². The van der Waals surface area contributed by atoms with Gasteiger partial charge in [0.05, 0.1) is 6.21 Å². The van der Waals surface area contributed by atoms with Crippen LogP contribution in [0.25, 0.3) is 0 Å². The molecule has 6 heteroatoms. The Hall–Kier alpha value is -1.85. The molecular formula is C8H5F2NO3. The minimum absolute atomic E-state index is 0.0370. The van der Waals surface area contributed by atoms with E-state index >= 15 is 0 Å². The fourth-order valence-electron chi connectivity index (χ4n) is 1.11. The highest BCUT2D eigenvalue weighted by molar-refractivity contribution is 5.80. The molecule has 4 nitrogen and oxygen atoms in total. The van der Waals surface area contributed by atoms with Gasteiger partial charge in [-0.15, -0.1) is 8.78 Å². The van der Waals surface area contributed by atoms with E-state index in [2.05, 4.69) is 14.6 Å². The fourth-order valence-corrected chi connectivity index (χ4v) is 1.11. The number of oxime groups is 1. The van der Waals surface area contributed by atoms with Gasteiger partial charge in [0.1, 0.15) is 0 Å². The smallest absolute Gasteiger partial charge is 0.411 e. The second-order valence-electron chi connectivity index (χ2n) is 2.62. The van der Waals surface area contributed by atoms with Crippen LogP contribution in [-0.2, 0) is 0 Å². The lowest BCUT2D eigenvalue weighted by Crippen LogP contribution is -2.25. The highest BCUT2D eigenvalue weighted by Crippen LogP contribution is 2.40. The maximum absolute atomic E-state index is 12.5. The van der Waals surface area contributed by atoms with Crippen molar-refractivity contribution in [2.75, 3.05) is 0 Å². The maximum atomic E-state index is 12.5. The second kappa shape index (κ2) is 2.83. The van der Waals surface area contributed by atoms with Crippen LogP contribution < -0.4 is 9.47 Å². The van der Waals surface area contributed by atoms with Gasteiger partial charge in [0.25, 0.3) is 0 Å². The summed E-state index contributed by atoms with van der Waals surface area (Å²) in [4.78, 5) is 0. The van der Waals surface area contributed by atoms with Crippen LogP contribution in [0.5, 0.6) is 11.5 Å². The van der Waals surface area contributed by atoms with Crippen molar-refractivity contribution in [3.8, 4) is 11.5 Å². The Balaban J connectivity index is 2.35. The van der Waals surface area contributed by atoms with Crippen molar-refractivity contribution in [3.05, 3.63) is 23.8 Å².